The summed E-state index contributed by atoms with van der Waals surface area (Å²) in [6.07, 6.45) is -4.08. The molecule has 0 saturated carbocycles. The zero-order valence-electron chi connectivity index (χ0n) is 16.5. The number of nitrogens with one attached hydrogen (secondary N) is 1. The number of amides is 1. The average molecular weight is 452 g/mol. The molecule has 0 aliphatic heterocycles. The fourth-order valence-corrected chi connectivity index (χ4v) is 3.22. The number of aromatic nitrogens is 2. The number of para-hydroxylation sites is 1. The Morgan fingerprint density at radius 3 is 2.52 bits per heavy atom. The van der Waals surface area contributed by atoms with Crippen LogP contribution in [0.3, 0.4) is 0 Å². The number of ether oxygens (including phenoxy) is 1. The monoisotopic (exact) mass is 451 g/mol. The van der Waals surface area contributed by atoms with Gasteiger partial charge in [-0.2, -0.15) is 18.3 Å². The largest absolute Gasteiger partial charge is 0.420 e. The summed E-state index contributed by atoms with van der Waals surface area (Å²) in [6.45, 7) is 1.12. The van der Waals surface area contributed by atoms with Crippen molar-refractivity contribution >= 4 is 29.0 Å². The molecular formula is C21H17ClF3N3O3. The molecule has 162 valence electrons. The van der Waals surface area contributed by atoms with Crippen molar-refractivity contribution in [2.45, 2.75) is 19.8 Å². The van der Waals surface area contributed by atoms with Gasteiger partial charge in [-0.3, -0.25) is 9.59 Å². The fraction of sp³-hybridized carbons (Fsp3) is 0.190. The molecule has 10 heteroatoms. The number of benzene rings is 2. The lowest BCUT2D eigenvalue weighted by Gasteiger charge is -2.14. The first-order valence-electron chi connectivity index (χ1n) is 8.96. The van der Waals surface area contributed by atoms with E-state index in [1.807, 2.05) is 0 Å². The smallest absolute Gasteiger partial charge is 0.362 e. The highest BCUT2D eigenvalue weighted by Crippen LogP contribution is 2.35. The Kier molecular flexibility index (Phi) is 6.47. The van der Waals surface area contributed by atoms with Crippen LogP contribution < -0.4 is 5.32 Å². The van der Waals surface area contributed by atoms with Crippen LogP contribution in [0.4, 0.5) is 18.9 Å². The number of methoxy groups -OCH3 is 1. The number of ketones is 1. The predicted molar refractivity (Wildman–Crippen MR) is 109 cm³/mol. The van der Waals surface area contributed by atoms with E-state index >= 15 is 0 Å². The molecule has 0 unspecified atom stereocenters. The highest BCUT2D eigenvalue weighted by Gasteiger charge is 2.38. The number of hydrogen-bond acceptors (Lipinski definition) is 4. The number of anilines is 1. The zero-order valence-corrected chi connectivity index (χ0v) is 17.2. The van der Waals surface area contributed by atoms with Crippen LogP contribution in [0.2, 0.25) is 5.02 Å². The maximum absolute atomic E-state index is 13.4. The molecule has 0 spiro atoms. The minimum atomic E-state index is -4.78. The van der Waals surface area contributed by atoms with E-state index in [1.165, 1.54) is 26.2 Å². The lowest BCUT2D eigenvalue weighted by Crippen LogP contribution is -2.18. The molecule has 2 aromatic carbocycles. The standard InChI is InChI=1S/C21H17ClF3N3O3/c1-12(29)16-9-13(22)7-8-14(16)15-5-3-4-6-18(15)26-20(30)19-17(21(23,24)25)10-28(27-19)11-31-2/h3-10H,11H2,1-2H3,(H,26,30). The van der Waals surface area contributed by atoms with Crippen LogP contribution in [0.15, 0.2) is 48.7 Å². The van der Waals surface area contributed by atoms with Crippen LogP contribution in [0.1, 0.15) is 33.3 Å². The van der Waals surface area contributed by atoms with E-state index in [9.17, 15) is 22.8 Å². The van der Waals surface area contributed by atoms with Crippen LogP contribution in [-0.4, -0.2) is 28.6 Å². The average Bonchev–Trinajstić information content (AvgIpc) is 3.13. The van der Waals surface area contributed by atoms with E-state index in [-0.39, 0.29) is 18.2 Å². The maximum Gasteiger partial charge on any atom is 0.420 e. The van der Waals surface area contributed by atoms with Crippen molar-refractivity contribution in [2.24, 2.45) is 0 Å². The summed E-state index contributed by atoms with van der Waals surface area (Å²) >= 11 is 5.99. The minimum absolute atomic E-state index is 0.215. The number of hydrogen-bond donors (Lipinski definition) is 1. The first-order valence-corrected chi connectivity index (χ1v) is 9.34. The quantitative estimate of drug-likeness (QED) is 0.517. The first-order chi connectivity index (χ1) is 14.6. The number of carbonyl (C=O) groups excluding carboxylic acids is 2. The van der Waals surface area contributed by atoms with E-state index in [2.05, 4.69) is 10.4 Å². The highest BCUT2D eigenvalue weighted by atomic mass is 35.5. The van der Waals surface area contributed by atoms with Crippen LogP contribution in [0.5, 0.6) is 0 Å². The van der Waals surface area contributed by atoms with Crippen LogP contribution in [0, 0.1) is 0 Å². The van der Waals surface area contributed by atoms with Gasteiger partial charge in [0.25, 0.3) is 5.91 Å². The number of rotatable bonds is 6. The third-order valence-corrected chi connectivity index (χ3v) is 4.60. The molecule has 0 saturated heterocycles. The van der Waals surface area contributed by atoms with E-state index in [4.69, 9.17) is 16.3 Å². The van der Waals surface area contributed by atoms with E-state index < -0.39 is 23.3 Å². The van der Waals surface area contributed by atoms with Crippen molar-refractivity contribution < 1.29 is 27.5 Å². The van der Waals surface area contributed by atoms with Gasteiger partial charge in [0, 0.05) is 35.1 Å². The zero-order chi connectivity index (χ0) is 22.8. The Hall–Kier alpha value is -3.17. The normalized spacial score (nSPS) is 11.4. The molecule has 0 fully saturated rings. The molecule has 3 rings (SSSR count). The summed E-state index contributed by atoms with van der Waals surface area (Å²) < 4.78 is 45.9. The molecule has 0 aliphatic carbocycles. The lowest BCUT2D eigenvalue weighted by molar-refractivity contribution is -0.138. The van der Waals surface area contributed by atoms with Crippen molar-refractivity contribution in [3.63, 3.8) is 0 Å². The molecule has 0 radical (unpaired) electrons. The number of Topliss-reactive ketones (excluding diaryl/α,β-unsaturated/α-hetero) is 1. The van der Waals surface area contributed by atoms with Gasteiger partial charge in [0.15, 0.2) is 11.5 Å². The van der Waals surface area contributed by atoms with Crippen molar-refractivity contribution in [1.82, 2.24) is 9.78 Å². The Balaban J connectivity index is 2.03. The molecule has 1 amide bonds. The van der Waals surface area contributed by atoms with Crippen molar-refractivity contribution in [3.8, 4) is 11.1 Å². The van der Waals surface area contributed by atoms with Crippen LogP contribution in [-0.2, 0) is 17.6 Å². The van der Waals surface area contributed by atoms with E-state index in [0.29, 0.717) is 27.9 Å². The number of nitrogens with zero attached hydrogens (tertiary/aromatic N) is 2. The molecular weight excluding hydrogens is 435 g/mol. The van der Waals surface area contributed by atoms with Crippen molar-refractivity contribution in [3.05, 3.63) is 70.5 Å². The molecule has 6 nitrogen and oxygen atoms in total. The summed E-state index contributed by atoms with van der Waals surface area (Å²) in [6, 6.07) is 11.1. The lowest BCUT2D eigenvalue weighted by atomic mass is 9.96. The van der Waals surface area contributed by atoms with Gasteiger partial charge in [-0.25, -0.2) is 4.68 Å². The van der Waals surface area contributed by atoms with Gasteiger partial charge in [-0.15, -0.1) is 0 Å². The van der Waals surface area contributed by atoms with E-state index in [1.54, 1.807) is 30.3 Å². The summed E-state index contributed by atoms with van der Waals surface area (Å²) in [5.74, 6) is -1.30. The van der Waals surface area contributed by atoms with Gasteiger partial charge in [-0.1, -0.05) is 35.9 Å². The molecule has 1 N–H and O–H groups in total. The molecule has 1 heterocycles. The SMILES string of the molecule is COCn1cc(C(F)(F)F)c(C(=O)Nc2ccccc2-c2ccc(Cl)cc2C(C)=O)n1. The van der Waals surface area contributed by atoms with Gasteiger partial charge >= 0.3 is 6.18 Å². The summed E-state index contributed by atoms with van der Waals surface area (Å²) in [7, 11) is 1.30. The van der Waals surface area contributed by atoms with Gasteiger partial charge in [-0.05, 0) is 30.7 Å². The molecule has 0 bridgehead atoms. The summed E-state index contributed by atoms with van der Waals surface area (Å²) in [4.78, 5) is 24.8. The van der Waals surface area contributed by atoms with Gasteiger partial charge in [0.05, 0.1) is 0 Å². The van der Waals surface area contributed by atoms with Crippen molar-refractivity contribution in [2.75, 3.05) is 12.4 Å². The summed E-state index contributed by atoms with van der Waals surface area (Å²) in [5.41, 5.74) is -0.518. The third kappa shape index (κ3) is 4.95. The molecule has 0 atom stereocenters. The topological polar surface area (TPSA) is 73.2 Å². The molecule has 1 aromatic heterocycles. The van der Waals surface area contributed by atoms with Crippen LogP contribution in [0.25, 0.3) is 11.1 Å². The molecule has 31 heavy (non-hydrogen) atoms. The second kappa shape index (κ2) is 8.91. The van der Waals surface area contributed by atoms with Crippen molar-refractivity contribution in [1.29, 1.82) is 0 Å². The van der Waals surface area contributed by atoms with E-state index in [0.717, 1.165) is 4.68 Å². The second-order valence-corrected chi connectivity index (χ2v) is 7.03. The Bertz CT molecular complexity index is 1140. The number of alkyl halides is 3. The number of carbonyl (C=O) groups is 2. The summed E-state index contributed by atoms with van der Waals surface area (Å²) in [5, 5.41) is 6.54. The second-order valence-electron chi connectivity index (χ2n) is 6.59. The number of halogens is 4. The predicted octanol–water partition coefficient (Wildman–Crippen LogP) is 5.28. The minimum Gasteiger partial charge on any atom is -0.362 e. The fourth-order valence-electron chi connectivity index (χ4n) is 3.05. The van der Waals surface area contributed by atoms with Crippen LogP contribution >= 0.6 is 11.6 Å². The Morgan fingerprint density at radius 2 is 1.87 bits per heavy atom. The highest BCUT2D eigenvalue weighted by molar-refractivity contribution is 6.31. The Labute approximate surface area is 180 Å². The Morgan fingerprint density at radius 1 is 1.16 bits per heavy atom. The first kappa shape index (κ1) is 22.5. The molecule has 3 aromatic rings. The maximum atomic E-state index is 13.4. The molecule has 0 aliphatic rings. The third-order valence-electron chi connectivity index (χ3n) is 4.37. The van der Waals surface area contributed by atoms with Gasteiger partial charge in [0.1, 0.15) is 12.3 Å². The van der Waals surface area contributed by atoms with Gasteiger partial charge in [0.2, 0.25) is 0 Å². The van der Waals surface area contributed by atoms with Gasteiger partial charge < -0.3 is 10.1 Å².